The minimum atomic E-state index is -3.46. The summed E-state index contributed by atoms with van der Waals surface area (Å²) in [7, 11) is -3.46. The third-order valence-corrected chi connectivity index (χ3v) is 6.07. The predicted octanol–water partition coefficient (Wildman–Crippen LogP) is 1.74. The number of aromatic nitrogens is 2. The molecule has 0 radical (unpaired) electrons. The lowest BCUT2D eigenvalue weighted by atomic mass is 10.2. The summed E-state index contributed by atoms with van der Waals surface area (Å²) in [5.41, 5.74) is 0.936. The Labute approximate surface area is 139 Å². The third-order valence-electron chi connectivity index (χ3n) is 3.72. The highest BCUT2D eigenvalue weighted by Gasteiger charge is 2.41. The monoisotopic (exact) mass is 351 g/mol. The van der Waals surface area contributed by atoms with Crippen molar-refractivity contribution in [3.05, 3.63) is 53.1 Å². The van der Waals surface area contributed by atoms with Gasteiger partial charge in [0.15, 0.2) is 9.84 Å². The number of hydrogen-bond acceptors (Lipinski definition) is 5. The van der Waals surface area contributed by atoms with Crippen LogP contribution in [0.25, 0.3) is 0 Å². The zero-order chi connectivity index (χ0) is 16.6. The van der Waals surface area contributed by atoms with Crippen molar-refractivity contribution in [2.45, 2.75) is 17.1 Å². The molecule has 0 bridgehead atoms. The summed E-state index contributed by atoms with van der Waals surface area (Å²) in [5, 5.41) is -0.127. The number of hydrogen-bond donors (Lipinski definition) is 0. The van der Waals surface area contributed by atoms with Crippen molar-refractivity contribution in [2.75, 3.05) is 13.1 Å². The highest BCUT2D eigenvalue weighted by Crippen LogP contribution is 2.25. The molecule has 1 aliphatic heterocycles. The summed E-state index contributed by atoms with van der Waals surface area (Å²) >= 11 is 5.77. The second-order valence-corrected chi connectivity index (χ2v) is 8.04. The number of likely N-dealkylation sites (tertiary alicyclic amines) is 1. The van der Waals surface area contributed by atoms with E-state index in [0.29, 0.717) is 10.7 Å². The summed E-state index contributed by atoms with van der Waals surface area (Å²) in [6.07, 6.45) is 2.91. The molecule has 0 atom stereocenters. The average Bonchev–Trinajstić information content (AvgIpc) is 2.46. The molecule has 23 heavy (non-hydrogen) atoms. The molecule has 0 saturated carbocycles. The highest BCUT2D eigenvalue weighted by molar-refractivity contribution is 7.92. The second-order valence-electron chi connectivity index (χ2n) is 5.37. The number of carbonyl (C=O) groups is 1. The molecule has 8 heteroatoms. The van der Waals surface area contributed by atoms with Crippen LogP contribution in [0.3, 0.4) is 0 Å². The quantitative estimate of drug-likeness (QED) is 0.841. The lowest BCUT2D eigenvalue weighted by molar-refractivity contribution is 0.0652. The largest absolute Gasteiger partial charge is 0.334 e. The topological polar surface area (TPSA) is 80.2 Å². The molecule has 1 aromatic heterocycles. The van der Waals surface area contributed by atoms with Crippen LogP contribution in [0.4, 0.5) is 0 Å². The van der Waals surface area contributed by atoms with E-state index in [2.05, 4.69) is 9.97 Å². The normalized spacial score (nSPS) is 15.3. The number of sulfone groups is 1. The van der Waals surface area contributed by atoms with E-state index in [1.54, 1.807) is 6.92 Å². The van der Waals surface area contributed by atoms with Crippen LogP contribution in [0.2, 0.25) is 5.02 Å². The fraction of sp³-hybridized carbons (Fsp3) is 0.267. The summed E-state index contributed by atoms with van der Waals surface area (Å²) in [4.78, 5) is 21.9. The Bertz CT molecular complexity index is 829. The number of nitrogens with zero attached hydrogens (tertiary/aromatic N) is 3. The molecule has 1 fully saturated rings. The lowest BCUT2D eigenvalue weighted by Gasteiger charge is -2.38. The number of carbonyl (C=O) groups excluding carboxylic acids is 1. The number of rotatable bonds is 3. The SMILES string of the molecule is Cc1cnc(C(=O)N2CC(S(=O)(=O)c3ccc(Cl)cc3)C2)cn1. The molecule has 2 heterocycles. The highest BCUT2D eigenvalue weighted by atomic mass is 35.5. The summed E-state index contributed by atoms with van der Waals surface area (Å²) < 4.78 is 24.9. The fourth-order valence-corrected chi connectivity index (χ4v) is 4.06. The standard InChI is InChI=1S/C15H14ClN3O3S/c1-10-6-18-14(7-17-10)15(20)19-8-13(9-19)23(21,22)12-4-2-11(16)3-5-12/h2-7,13H,8-9H2,1H3. The van der Waals surface area contributed by atoms with Gasteiger partial charge >= 0.3 is 0 Å². The van der Waals surface area contributed by atoms with E-state index in [4.69, 9.17) is 11.6 Å². The van der Waals surface area contributed by atoms with Crippen molar-refractivity contribution in [3.63, 3.8) is 0 Å². The van der Waals surface area contributed by atoms with Crippen LogP contribution in [0.1, 0.15) is 16.2 Å². The Hall–Kier alpha value is -1.99. The molecule has 1 aliphatic rings. The maximum atomic E-state index is 12.5. The van der Waals surface area contributed by atoms with Gasteiger partial charge in [0.2, 0.25) is 0 Å². The van der Waals surface area contributed by atoms with Crippen LogP contribution in [-0.2, 0) is 9.84 Å². The Kier molecular flexibility index (Phi) is 4.08. The van der Waals surface area contributed by atoms with Gasteiger partial charge in [0.25, 0.3) is 5.91 Å². The molecule has 2 aromatic rings. The van der Waals surface area contributed by atoms with Crippen LogP contribution < -0.4 is 0 Å². The molecule has 0 spiro atoms. The van der Waals surface area contributed by atoms with Gasteiger partial charge in [0.1, 0.15) is 10.9 Å². The number of amides is 1. The first-order valence-corrected chi connectivity index (χ1v) is 8.88. The molecule has 0 unspecified atom stereocenters. The lowest BCUT2D eigenvalue weighted by Crippen LogP contribution is -2.57. The first-order valence-electron chi connectivity index (χ1n) is 6.95. The maximum absolute atomic E-state index is 12.5. The van der Waals surface area contributed by atoms with Gasteiger partial charge in [-0.1, -0.05) is 11.6 Å². The number of halogens is 1. The molecule has 1 aromatic carbocycles. The summed E-state index contributed by atoms with van der Waals surface area (Å²) in [5.74, 6) is -0.306. The van der Waals surface area contributed by atoms with E-state index < -0.39 is 15.1 Å². The first kappa shape index (κ1) is 15.9. The van der Waals surface area contributed by atoms with E-state index in [-0.39, 0.29) is 29.6 Å². The van der Waals surface area contributed by atoms with Crippen molar-refractivity contribution in [3.8, 4) is 0 Å². The molecule has 1 saturated heterocycles. The van der Waals surface area contributed by atoms with Crippen molar-refractivity contribution < 1.29 is 13.2 Å². The minimum Gasteiger partial charge on any atom is -0.334 e. The average molecular weight is 352 g/mol. The second kappa shape index (κ2) is 5.90. The summed E-state index contributed by atoms with van der Waals surface area (Å²) in [6.45, 7) is 2.08. The Morgan fingerprint density at radius 1 is 1.17 bits per heavy atom. The zero-order valence-corrected chi connectivity index (χ0v) is 13.9. The van der Waals surface area contributed by atoms with Gasteiger partial charge < -0.3 is 4.90 Å². The number of aryl methyl sites for hydroxylation is 1. The Morgan fingerprint density at radius 2 is 1.83 bits per heavy atom. The van der Waals surface area contributed by atoms with Gasteiger partial charge in [-0.25, -0.2) is 13.4 Å². The van der Waals surface area contributed by atoms with Gasteiger partial charge in [-0.15, -0.1) is 0 Å². The van der Waals surface area contributed by atoms with Gasteiger partial charge in [0, 0.05) is 24.3 Å². The Balaban J connectivity index is 1.69. The van der Waals surface area contributed by atoms with E-state index >= 15 is 0 Å². The van der Waals surface area contributed by atoms with E-state index in [1.165, 1.54) is 41.6 Å². The van der Waals surface area contributed by atoms with Crippen LogP contribution in [0.5, 0.6) is 0 Å². The van der Waals surface area contributed by atoms with Gasteiger partial charge in [-0.3, -0.25) is 9.78 Å². The van der Waals surface area contributed by atoms with Crippen molar-refractivity contribution in [2.24, 2.45) is 0 Å². The third kappa shape index (κ3) is 3.07. The van der Waals surface area contributed by atoms with Crippen LogP contribution in [-0.4, -0.2) is 47.5 Å². The maximum Gasteiger partial charge on any atom is 0.274 e. The predicted molar refractivity (Wildman–Crippen MR) is 85.1 cm³/mol. The summed E-state index contributed by atoms with van der Waals surface area (Å²) in [6, 6.07) is 6.04. The van der Waals surface area contributed by atoms with E-state index in [1.807, 2.05) is 0 Å². The van der Waals surface area contributed by atoms with Gasteiger partial charge in [-0.2, -0.15) is 0 Å². The van der Waals surface area contributed by atoms with Gasteiger partial charge in [0.05, 0.1) is 16.8 Å². The van der Waals surface area contributed by atoms with Crippen LogP contribution >= 0.6 is 11.6 Å². The van der Waals surface area contributed by atoms with E-state index in [0.717, 1.165) is 0 Å². The van der Waals surface area contributed by atoms with Crippen LogP contribution in [0, 0.1) is 6.92 Å². The first-order chi connectivity index (χ1) is 10.9. The fourth-order valence-electron chi connectivity index (χ4n) is 2.28. The molecule has 0 N–H and O–H groups in total. The zero-order valence-electron chi connectivity index (χ0n) is 12.3. The molecular formula is C15H14ClN3O3S. The smallest absolute Gasteiger partial charge is 0.274 e. The van der Waals surface area contributed by atoms with Gasteiger partial charge in [-0.05, 0) is 31.2 Å². The molecule has 120 valence electrons. The molecular weight excluding hydrogens is 338 g/mol. The van der Waals surface area contributed by atoms with Crippen molar-refractivity contribution >= 4 is 27.3 Å². The number of benzene rings is 1. The molecule has 1 amide bonds. The van der Waals surface area contributed by atoms with E-state index in [9.17, 15) is 13.2 Å². The molecule has 3 rings (SSSR count). The van der Waals surface area contributed by atoms with Crippen molar-refractivity contribution in [1.82, 2.24) is 14.9 Å². The molecule has 6 nitrogen and oxygen atoms in total. The van der Waals surface area contributed by atoms with Crippen molar-refractivity contribution in [1.29, 1.82) is 0 Å². The molecule has 0 aliphatic carbocycles. The van der Waals surface area contributed by atoms with Crippen LogP contribution in [0.15, 0.2) is 41.6 Å². The minimum absolute atomic E-state index is 0.152. The Morgan fingerprint density at radius 3 is 2.39 bits per heavy atom.